The minimum atomic E-state index is -1.34. The summed E-state index contributed by atoms with van der Waals surface area (Å²) in [6, 6.07) is 0.986. The minimum Gasteiger partial charge on any atom is -0.477 e. The molecule has 9 heteroatoms. The number of fused-ring (bicyclic) bond motifs is 1. The molecule has 2 heterocycles. The molecule has 1 unspecified atom stereocenters. The number of hydroxylamine groups is 1. The van der Waals surface area contributed by atoms with Crippen molar-refractivity contribution in [3.63, 3.8) is 0 Å². The van der Waals surface area contributed by atoms with Gasteiger partial charge in [0.2, 0.25) is 5.43 Å². The summed E-state index contributed by atoms with van der Waals surface area (Å²) in [5, 5.41) is 18.9. The zero-order chi connectivity index (χ0) is 19.8. The highest BCUT2D eigenvalue weighted by molar-refractivity contribution is 6.38. The van der Waals surface area contributed by atoms with Crippen LogP contribution in [0, 0.1) is 11.2 Å². The number of halogens is 2. The second kappa shape index (κ2) is 5.92. The third-order valence-electron chi connectivity index (χ3n) is 6.37. The third-order valence-corrected chi connectivity index (χ3v) is 6.72. The van der Waals surface area contributed by atoms with Crippen LogP contribution in [0.4, 0.5) is 10.1 Å². The van der Waals surface area contributed by atoms with Crippen LogP contribution in [0.2, 0.25) is 5.02 Å². The lowest BCUT2D eigenvalue weighted by atomic mass is 10.0. The van der Waals surface area contributed by atoms with Crippen LogP contribution < -0.4 is 15.8 Å². The van der Waals surface area contributed by atoms with Gasteiger partial charge in [-0.05, 0) is 31.7 Å². The van der Waals surface area contributed by atoms with Gasteiger partial charge in [0.15, 0.2) is 0 Å². The molecule has 1 atom stereocenters. The highest BCUT2D eigenvalue weighted by atomic mass is 35.5. The highest BCUT2D eigenvalue weighted by Gasteiger charge is 2.55. The van der Waals surface area contributed by atoms with Crippen molar-refractivity contribution in [2.45, 2.75) is 37.8 Å². The quantitative estimate of drug-likeness (QED) is 0.675. The first kappa shape index (κ1) is 17.9. The fourth-order valence-corrected chi connectivity index (χ4v) is 4.91. The summed E-state index contributed by atoms with van der Waals surface area (Å²) in [5.41, 5.74) is 1.71. The van der Waals surface area contributed by atoms with E-state index in [2.05, 4.69) is 5.48 Å². The molecule has 1 aromatic heterocycles. The van der Waals surface area contributed by atoms with E-state index in [0.717, 1.165) is 31.7 Å². The van der Waals surface area contributed by atoms with Gasteiger partial charge in [-0.3, -0.25) is 4.79 Å². The molecule has 2 aromatic rings. The van der Waals surface area contributed by atoms with Gasteiger partial charge in [-0.1, -0.05) is 11.6 Å². The minimum absolute atomic E-state index is 0.0183. The molecule has 1 saturated heterocycles. The largest absolute Gasteiger partial charge is 0.477 e. The first-order chi connectivity index (χ1) is 13.4. The molecule has 2 saturated carbocycles. The molecule has 2 aliphatic carbocycles. The maximum absolute atomic E-state index is 15.1. The fraction of sp³-hybridized carbons (Fsp3) is 0.474. The Hall–Kier alpha value is -2.16. The average molecular weight is 408 g/mol. The van der Waals surface area contributed by atoms with Gasteiger partial charge in [-0.25, -0.2) is 14.7 Å². The molecule has 7 nitrogen and oxygen atoms in total. The lowest BCUT2D eigenvalue weighted by Crippen LogP contribution is -2.35. The molecular formula is C19H19ClFN3O4. The van der Waals surface area contributed by atoms with Gasteiger partial charge in [0.25, 0.3) is 0 Å². The number of aromatic nitrogens is 1. The van der Waals surface area contributed by atoms with Gasteiger partial charge in [0.05, 0.1) is 27.7 Å². The first-order valence-corrected chi connectivity index (χ1v) is 9.69. The van der Waals surface area contributed by atoms with Crippen molar-refractivity contribution < 1.29 is 19.5 Å². The molecule has 3 N–H and O–H groups in total. The van der Waals surface area contributed by atoms with Crippen molar-refractivity contribution in [2.24, 2.45) is 5.41 Å². The molecule has 0 radical (unpaired) electrons. The van der Waals surface area contributed by atoms with Crippen LogP contribution in [-0.4, -0.2) is 40.0 Å². The van der Waals surface area contributed by atoms with Crippen molar-refractivity contribution in [2.75, 3.05) is 18.0 Å². The highest BCUT2D eigenvalue weighted by Crippen LogP contribution is 2.54. The van der Waals surface area contributed by atoms with Gasteiger partial charge in [0.1, 0.15) is 11.4 Å². The number of carboxylic acid groups (broad SMARTS) is 1. The van der Waals surface area contributed by atoms with Crippen molar-refractivity contribution in [3.05, 3.63) is 38.9 Å². The summed E-state index contributed by atoms with van der Waals surface area (Å²) >= 11 is 6.64. The number of pyridine rings is 1. The molecule has 28 heavy (non-hydrogen) atoms. The van der Waals surface area contributed by atoms with Crippen LogP contribution in [0.15, 0.2) is 17.1 Å². The molecule has 3 aliphatic rings. The molecule has 148 valence electrons. The number of rotatable bonds is 4. The van der Waals surface area contributed by atoms with E-state index in [9.17, 15) is 19.9 Å². The number of anilines is 1. The normalized spacial score (nSPS) is 23.0. The molecule has 0 bridgehead atoms. The van der Waals surface area contributed by atoms with Crippen molar-refractivity contribution >= 4 is 34.2 Å². The number of nitrogens with zero attached hydrogens (tertiary/aromatic N) is 2. The molecule has 1 aliphatic heterocycles. The van der Waals surface area contributed by atoms with Gasteiger partial charge in [0, 0.05) is 30.7 Å². The zero-order valence-corrected chi connectivity index (χ0v) is 15.7. The van der Waals surface area contributed by atoms with Crippen LogP contribution in [0.25, 0.3) is 10.9 Å². The second-order valence-corrected chi connectivity index (χ2v) is 8.54. The maximum atomic E-state index is 15.1. The number of hydrogen-bond acceptors (Lipinski definition) is 5. The van der Waals surface area contributed by atoms with Crippen LogP contribution in [0.5, 0.6) is 0 Å². The van der Waals surface area contributed by atoms with Crippen LogP contribution in [0.1, 0.15) is 42.1 Å². The lowest BCUT2D eigenvalue weighted by molar-refractivity contribution is 0.0694. The lowest BCUT2D eigenvalue weighted by Gasteiger charge is -2.23. The summed E-state index contributed by atoms with van der Waals surface area (Å²) < 4.78 is 16.8. The van der Waals surface area contributed by atoms with Crippen LogP contribution >= 0.6 is 11.6 Å². The van der Waals surface area contributed by atoms with E-state index >= 15 is 4.39 Å². The number of carbonyl (C=O) groups is 1. The smallest absolute Gasteiger partial charge is 0.341 e. The van der Waals surface area contributed by atoms with Crippen molar-refractivity contribution in [1.82, 2.24) is 10.0 Å². The summed E-state index contributed by atoms with van der Waals surface area (Å²) in [6.07, 6.45) is 4.92. The monoisotopic (exact) mass is 407 g/mol. The van der Waals surface area contributed by atoms with Gasteiger partial charge in [-0.15, -0.1) is 0 Å². The third kappa shape index (κ3) is 2.48. The number of nitrogens with one attached hydrogen (secondary N) is 1. The predicted molar refractivity (Wildman–Crippen MR) is 101 cm³/mol. The van der Waals surface area contributed by atoms with E-state index in [1.54, 1.807) is 4.57 Å². The Balaban J connectivity index is 1.72. The average Bonchev–Trinajstić information content (AvgIpc) is 3.54. The SMILES string of the molecule is O=C(O)c1cn(C2CC2)c2c(Cl)c(N3CC(NO)C4(CC4)C3)c(F)cc2c1=O. The van der Waals surface area contributed by atoms with E-state index in [0.29, 0.717) is 18.6 Å². The summed E-state index contributed by atoms with van der Waals surface area (Å²) in [6.45, 7) is 0.966. The van der Waals surface area contributed by atoms with Crippen LogP contribution in [0.3, 0.4) is 0 Å². The second-order valence-electron chi connectivity index (χ2n) is 8.16. The van der Waals surface area contributed by atoms with E-state index in [1.165, 1.54) is 6.20 Å². The molecule has 1 aromatic carbocycles. The molecule has 0 amide bonds. The van der Waals surface area contributed by atoms with Gasteiger partial charge in [-0.2, -0.15) is 0 Å². The maximum Gasteiger partial charge on any atom is 0.341 e. The van der Waals surface area contributed by atoms with E-state index in [1.807, 2.05) is 4.90 Å². The standard InChI is InChI=1S/C19H19ClFN3O4/c20-14-15-10(17(25)11(18(26)27)6-24(15)9-1-2-9)5-12(21)16(14)23-7-13(22-28)19(8-23)3-4-19/h5-6,9,13,22,28H,1-4,7-8H2,(H,26,27). The Kier molecular flexibility index (Phi) is 3.78. The molecule has 5 rings (SSSR count). The van der Waals surface area contributed by atoms with Gasteiger partial charge < -0.3 is 19.8 Å². The number of benzene rings is 1. The summed E-state index contributed by atoms with van der Waals surface area (Å²) in [5.74, 6) is -2.00. The number of hydrogen-bond donors (Lipinski definition) is 3. The Morgan fingerprint density at radius 3 is 2.61 bits per heavy atom. The number of carboxylic acids is 1. The Morgan fingerprint density at radius 2 is 2.07 bits per heavy atom. The van der Waals surface area contributed by atoms with Gasteiger partial charge >= 0.3 is 5.97 Å². The molecular weight excluding hydrogens is 389 g/mol. The Morgan fingerprint density at radius 1 is 1.36 bits per heavy atom. The number of aromatic carboxylic acids is 1. The fourth-order valence-electron chi connectivity index (χ4n) is 4.50. The zero-order valence-electron chi connectivity index (χ0n) is 14.9. The first-order valence-electron chi connectivity index (χ1n) is 9.31. The Labute approximate surface area is 164 Å². The van der Waals surface area contributed by atoms with Crippen molar-refractivity contribution in [1.29, 1.82) is 0 Å². The van der Waals surface area contributed by atoms with Crippen molar-refractivity contribution in [3.8, 4) is 0 Å². The summed E-state index contributed by atoms with van der Waals surface area (Å²) in [7, 11) is 0. The molecule has 3 fully saturated rings. The Bertz CT molecular complexity index is 1080. The predicted octanol–water partition coefficient (Wildman–Crippen LogP) is 2.77. The van der Waals surface area contributed by atoms with E-state index in [-0.39, 0.29) is 39.2 Å². The van der Waals surface area contributed by atoms with E-state index in [4.69, 9.17) is 11.6 Å². The topological polar surface area (TPSA) is 94.8 Å². The van der Waals surface area contributed by atoms with E-state index < -0.39 is 17.2 Å². The molecule has 1 spiro atoms. The summed E-state index contributed by atoms with van der Waals surface area (Å²) in [4.78, 5) is 25.9. The van der Waals surface area contributed by atoms with Crippen LogP contribution in [-0.2, 0) is 0 Å².